The van der Waals surface area contributed by atoms with Crippen LogP contribution < -0.4 is 20.1 Å². The molecule has 0 bridgehead atoms. The van der Waals surface area contributed by atoms with Crippen LogP contribution >= 0.6 is 23.4 Å². The zero-order chi connectivity index (χ0) is 23.1. The van der Waals surface area contributed by atoms with E-state index in [1.807, 2.05) is 12.1 Å². The van der Waals surface area contributed by atoms with Gasteiger partial charge in [0.1, 0.15) is 22.9 Å². The number of hydrogen-bond donors (Lipinski definition) is 2. The third-order valence-corrected chi connectivity index (χ3v) is 5.72. The normalized spacial score (nSPS) is 11.4. The van der Waals surface area contributed by atoms with Crippen molar-refractivity contribution in [2.45, 2.75) is 17.1 Å². The highest BCUT2D eigenvalue weighted by atomic mass is 35.5. The molecule has 0 saturated heterocycles. The van der Waals surface area contributed by atoms with Crippen molar-refractivity contribution in [1.29, 1.82) is 0 Å². The number of methoxy groups -OCH3 is 2. The number of carbonyl (C=O) groups is 2. The fourth-order valence-electron chi connectivity index (χ4n) is 2.85. The highest BCUT2D eigenvalue weighted by molar-refractivity contribution is 8.00. The van der Waals surface area contributed by atoms with Crippen LogP contribution in [0.5, 0.6) is 11.5 Å². The zero-order valence-corrected chi connectivity index (χ0v) is 19.3. The van der Waals surface area contributed by atoms with E-state index >= 15 is 0 Å². The number of carbonyl (C=O) groups excluding carboxylic acids is 2. The molecule has 1 unspecified atom stereocenters. The average Bonchev–Trinajstić information content (AvgIpc) is 2.80. The van der Waals surface area contributed by atoms with Crippen LogP contribution in [-0.4, -0.2) is 36.3 Å². The van der Waals surface area contributed by atoms with Gasteiger partial charge < -0.3 is 20.1 Å². The van der Waals surface area contributed by atoms with E-state index in [1.54, 1.807) is 49.4 Å². The molecular formula is C23H22ClN3O4S. The molecule has 0 aliphatic rings. The van der Waals surface area contributed by atoms with Crippen molar-refractivity contribution >= 4 is 46.7 Å². The van der Waals surface area contributed by atoms with E-state index in [0.29, 0.717) is 33.6 Å². The maximum Gasteiger partial charge on any atom is 0.263 e. The van der Waals surface area contributed by atoms with Crippen LogP contribution in [0.1, 0.15) is 17.3 Å². The van der Waals surface area contributed by atoms with Gasteiger partial charge in [0.05, 0.1) is 24.5 Å². The molecule has 1 aromatic heterocycles. The third kappa shape index (κ3) is 5.93. The lowest BCUT2D eigenvalue weighted by atomic mass is 10.1. The number of ether oxygens (including phenoxy) is 2. The molecule has 7 nitrogen and oxygen atoms in total. The minimum absolute atomic E-state index is 0.196. The lowest BCUT2D eigenvalue weighted by molar-refractivity contribution is -0.115. The van der Waals surface area contributed by atoms with Gasteiger partial charge in [-0.1, -0.05) is 23.7 Å². The van der Waals surface area contributed by atoms with Gasteiger partial charge in [-0.2, -0.15) is 0 Å². The van der Waals surface area contributed by atoms with E-state index in [1.165, 1.54) is 32.2 Å². The van der Waals surface area contributed by atoms with Crippen molar-refractivity contribution in [2.75, 3.05) is 24.9 Å². The summed E-state index contributed by atoms with van der Waals surface area (Å²) in [4.78, 5) is 30.3. The summed E-state index contributed by atoms with van der Waals surface area (Å²) in [6.45, 7) is 1.79. The van der Waals surface area contributed by atoms with Gasteiger partial charge in [0.15, 0.2) is 0 Å². The zero-order valence-electron chi connectivity index (χ0n) is 17.7. The molecule has 2 N–H and O–H groups in total. The van der Waals surface area contributed by atoms with Gasteiger partial charge >= 0.3 is 0 Å². The first-order valence-electron chi connectivity index (χ1n) is 9.62. The summed E-state index contributed by atoms with van der Waals surface area (Å²) in [5.74, 6) is 0.694. The lowest BCUT2D eigenvalue weighted by Crippen LogP contribution is -2.22. The standard InChI is InChI=1S/C23H22ClN3O4S/c1-14(22(28)27-20-11-10-15(24)13-25-20)32-17-7-4-6-16(12-17)26-23(29)21-18(30-2)8-5-9-19(21)31-3/h4-14H,1-3H3,(H,26,29)(H,25,27,28). The second-order valence-electron chi connectivity index (χ2n) is 6.63. The van der Waals surface area contributed by atoms with Crippen LogP contribution in [-0.2, 0) is 4.79 Å². The number of rotatable bonds is 8. The smallest absolute Gasteiger partial charge is 0.263 e. The van der Waals surface area contributed by atoms with Crippen LogP contribution in [0.25, 0.3) is 0 Å². The molecule has 0 aliphatic carbocycles. The SMILES string of the molecule is COc1cccc(OC)c1C(=O)Nc1cccc(SC(C)C(=O)Nc2ccc(Cl)cn2)c1. The minimum Gasteiger partial charge on any atom is -0.496 e. The van der Waals surface area contributed by atoms with E-state index in [9.17, 15) is 9.59 Å². The number of nitrogens with one attached hydrogen (secondary N) is 2. The number of halogens is 1. The summed E-state index contributed by atoms with van der Waals surface area (Å²) in [5.41, 5.74) is 0.888. The number of nitrogens with zero attached hydrogens (tertiary/aromatic N) is 1. The first kappa shape index (κ1) is 23.4. The Labute approximate surface area is 195 Å². The molecule has 3 rings (SSSR count). The van der Waals surface area contributed by atoms with Gasteiger partial charge in [0.2, 0.25) is 5.91 Å². The molecule has 0 spiro atoms. The number of benzene rings is 2. The number of thioether (sulfide) groups is 1. The van der Waals surface area contributed by atoms with Crippen molar-refractivity contribution in [2.24, 2.45) is 0 Å². The molecule has 2 amide bonds. The van der Waals surface area contributed by atoms with Crippen molar-refractivity contribution in [3.8, 4) is 11.5 Å². The molecule has 2 aromatic carbocycles. The Kier molecular flexibility index (Phi) is 7.97. The number of pyridine rings is 1. The minimum atomic E-state index is -0.396. The lowest BCUT2D eigenvalue weighted by Gasteiger charge is -2.14. The Morgan fingerprint density at radius 3 is 2.31 bits per heavy atom. The predicted molar refractivity (Wildman–Crippen MR) is 127 cm³/mol. The van der Waals surface area contributed by atoms with Gasteiger partial charge in [0, 0.05) is 16.8 Å². The second-order valence-corrected chi connectivity index (χ2v) is 8.48. The Bertz CT molecular complexity index is 1090. The first-order valence-corrected chi connectivity index (χ1v) is 10.9. The molecule has 0 aliphatic heterocycles. The Hall–Kier alpha value is -3.23. The van der Waals surface area contributed by atoms with E-state index in [-0.39, 0.29) is 11.8 Å². The third-order valence-electron chi connectivity index (χ3n) is 4.41. The van der Waals surface area contributed by atoms with E-state index in [4.69, 9.17) is 21.1 Å². The largest absolute Gasteiger partial charge is 0.496 e. The molecule has 32 heavy (non-hydrogen) atoms. The van der Waals surface area contributed by atoms with Gasteiger partial charge in [-0.25, -0.2) is 4.98 Å². The van der Waals surface area contributed by atoms with E-state index < -0.39 is 5.25 Å². The second kappa shape index (κ2) is 10.9. The molecule has 9 heteroatoms. The van der Waals surface area contributed by atoms with Crippen LogP contribution in [0.2, 0.25) is 5.02 Å². The number of hydrogen-bond acceptors (Lipinski definition) is 6. The highest BCUT2D eigenvalue weighted by Crippen LogP contribution is 2.30. The molecule has 1 atom stereocenters. The fraction of sp³-hybridized carbons (Fsp3) is 0.174. The van der Waals surface area contributed by atoms with Gasteiger partial charge in [-0.3, -0.25) is 9.59 Å². The van der Waals surface area contributed by atoms with Crippen LogP contribution in [0.15, 0.2) is 65.7 Å². The predicted octanol–water partition coefficient (Wildman–Crippen LogP) is 5.12. The van der Waals surface area contributed by atoms with Crippen molar-refractivity contribution < 1.29 is 19.1 Å². The van der Waals surface area contributed by atoms with Gasteiger partial charge in [-0.15, -0.1) is 11.8 Å². The Morgan fingerprint density at radius 1 is 1.00 bits per heavy atom. The Balaban J connectivity index is 1.68. The summed E-state index contributed by atoms with van der Waals surface area (Å²) in [6.07, 6.45) is 1.47. The molecule has 166 valence electrons. The maximum absolute atomic E-state index is 12.9. The number of aromatic nitrogens is 1. The van der Waals surface area contributed by atoms with Crippen molar-refractivity contribution in [3.05, 3.63) is 71.4 Å². The molecule has 0 radical (unpaired) electrons. The van der Waals surface area contributed by atoms with Crippen LogP contribution in [0.4, 0.5) is 11.5 Å². The fourth-order valence-corrected chi connectivity index (χ4v) is 3.89. The summed E-state index contributed by atoms with van der Waals surface area (Å²) in [6, 6.07) is 15.7. The summed E-state index contributed by atoms with van der Waals surface area (Å²) in [7, 11) is 2.99. The van der Waals surface area contributed by atoms with E-state index in [0.717, 1.165) is 4.90 Å². The van der Waals surface area contributed by atoms with Crippen molar-refractivity contribution in [1.82, 2.24) is 4.98 Å². The Morgan fingerprint density at radius 2 is 1.69 bits per heavy atom. The van der Waals surface area contributed by atoms with Gasteiger partial charge in [0.25, 0.3) is 5.91 Å². The quantitative estimate of drug-likeness (QED) is 0.443. The first-order chi connectivity index (χ1) is 15.4. The average molecular weight is 472 g/mol. The summed E-state index contributed by atoms with van der Waals surface area (Å²) in [5, 5.41) is 5.72. The monoisotopic (exact) mass is 471 g/mol. The molecule has 3 aromatic rings. The highest BCUT2D eigenvalue weighted by Gasteiger charge is 2.19. The van der Waals surface area contributed by atoms with E-state index in [2.05, 4.69) is 15.6 Å². The van der Waals surface area contributed by atoms with Gasteiger partial charge in [-0.05, 0) is 49.4 Å². The van der Waals surface area contributed by atoms with Crippen LogP contribution in [0, 0.1) is 0 Å². The molecule has 0 saturated carbocycles. The van der Waals surface area contributed by atoms with Crippen molar-refractivity contribution in [3.63, 3.8) is 0 Å². The summed E-state index contributed by atoms with van der Waals surface area (Å²) >= 11 is 7.18. The summed E-state index contributed by atoms with van der Waals surface area (Å²) < 4.78 is 10.6. The van der Waals surface area contributed by atoms with Crippen LogP contribution in [0.3, 0.4) is 0 Å². The molecular weight excluding hydrogens is 450 g/mol. The maximum atomic E-state index is 12.9. The number of anilines is 2. The topological polar surface area (TPSA) is 89.5 Å². The molecule has 0 fully saturated rings. The molecule has 1 heterocycles. The number of amides is 2.